The molecule has 2 unspecified atom stereocenters. The number of carbonyl (C=O) groups excluding carboxylic acids is 1. The van der Waals surface area contributed by atoms with Gasteiger partial charge in [-0.25, -0.2) is 4.79 Å². The van der Waals surface area contributed by atoms with Gasteiger partial charge in [0.1, 0.15) is 0 Å². The van der Waals surface area contributed by atoms with Gasteiger partial charge in [0.15, 0.2) is 0 Å². The number of hydrogen-bond acceptors (Lipinski definition) is 3. The van der Waals surface area contributed by atoms with Crippen molar-refractivity contribution in [3.05, 3.63) is 0 Å². The third-order valence-corrected chi connectivity index (χ3v) is 4.64. The molecule has 0 aromatic heterocycles. The van der Waals surface area contributed by atoms with E-state index in [1.54, 1.807) is 4.90 Å². The first-order chi connectivity index (χ1) is 8.99. The van der Waals surface area contributed by atoms with Gasteiger partial charge in [0.05, 0.1) is 0 Å². The van der Waals surface area contributed by atoms with E-state index >= 15 is 0 Å². The second-order valence-electron chi connectivity index (χ2n) is 6.32. The smallest absolute Gasteiger partial charge is 0.319 e. The van der Waals surface area contributed by atoms with Crippen LogP contribution in [0, 0.1) is 5.92 Å². The number of nitrogens with two attached hydrogens (primary N) is 1. The fraction of sp³-hybridized carbons (Fsp3) is 0.929. The summed E-state index contributed by atoms with van der Waals surface area (Å²) in [6.07, 6.45) is 3.31. The van der Waals surface area contributed by atoms with E-state index in [0.29, 0.717) is 18.0 Å². The molecular weight excluding hydrogens is 240 g/mol. The van der Waals surface area contributed by atoms with Gasteiger partial charge in [0.25, 0.3) is 0 Å². The third-order valence-electron chi connectivity index (χ3n) is 4.64. The topological polar surface area (TPSA) is 52.8 Å². The largest absolute Gasteiger partial charge is 0.331 e. The molecule has 2 aliphatic rings. The summed E-state index contributed by atoms with van der Waals surface area (Å²) in [6.45, 7) is 6.27. The van der Waals surface area contributed by atoms with Crippen LogP contribution in [0.4, 0.5) is 4.79 Å². The molecule has 0 aromatic carbocycles. The van der Waals surface area contributed by atoms with Crippen LogP contribution in [-0.2, 0) is 0 Å². The highest BCUT2D eigenvalue weighted by atomic mass is 16.2. The first kappa shape index (κ1) is 14.6. The molecule has 2 fully saturated rings. The van der Waals surface area contributed by atoms with Crippen molar-refractivity contribution >= 4 is 6.03 Å². The van der Waals surface area contributed by atoms with Gasteiger partial charge in [-0.1, -0.05) is 6.92 Å². The Morgan fingerprint density at radius 2 is 1.79 bits per heavy atom. The Bertz CT molecular complexity index is 313. The molecule has 0 spiro atoms. The zero-order valence-electron chi connectivity index (χ0n) is 12.5. The lowest BCUT2D eigenvalue weighted by Gasteiger charge is -2.43. The van der Waals surface area contributed by atoms with Crippen LogP contribution in [-0.4, -0.2) is 73.1 Å². The van der Waals surface area contributed by atoms with E-state index in [-0.39, 0.29) is 6.03 Å². The van der Waals surface area contributed by atoms with Crippen LogP contribution in [0.15, 0.2) is 0 Å². The van der Waals surface area contributed by atoms with Crippen LogP contribution in [0.25, 0.3) is 0 Å². The van der Waals surface area contributed by atoms with Crippen LogP contribution >= 0.6 is 0 Å². The first-order valence-electron chi connectivity index (χ1n) is 7.45. The summed E-state index contributed by atoms with van der Waals surface area (Å²) in [5, 5.41) is 0. The maximum absolute atomic E-state index is 11.9. The van der Waals surface area contributed by atoms with E-state index in [2.05, 4.69) is 11.8 Å². The van der Waals surface area contributed by atoms with Crippen LogP contribution in [0.5, 0.6) is 0 Å². The average Bonchev–Trinajstić information content (AvgIpc) is 2.41. The van der Waals surface area contributed by atoms with Crippen molar-refractivity contribution in [3.8, 4) is 0 Å². The molecule has 2 atom stereocenters. The third kappa shape index (κ3) is 3.39. The highest BCUT2D eigenvalue weighted by molar-refractivity contribution is 5.73. The molecule has 2 heterocycles. The van der Waals surface area contributed by atoms with E-state index < -0.39 is 0 Å². The number of likely N-dealkylation sites (tertiary alicyclic amines) is 2. The van der Waals surface area contributed by atoms with Crippen molar-refractivity contribution in [2.45, 2.75) is 38.3 Å². The second-order valence-corrected chi connectivity index (χ2v) is 6.32. The van der Waals surface area contributed by atoms with Gasteiger partial charge >= 0.3 is 6.03 Å². The van der Waals surface area contributed by atoms with Crippen molar-refractivity contribution in [2.24, 2.45) is 11.7 Å². The predicted molar refractivity (Wildman–Crippen MR) is 77.0 cm³/mol. The van der Waals surface area contributed by atoms with E-state index in [1.165, 1.54) is 0 Å². The summed E-state index contributed by atoms with van der Waals surface area (Å²) in [7, 11) is 3.64. The maximum atomic E-state index is 11.9. The SMILES string of the molecule is CC1CN(C2CCN(C(=O)N(C)C)CC2)CCC1N. The molecule has 2 rings (SSSR count). The van der Waals surface area contributed by atoms with Gasteiger partial charge in [0, 0.05) is 45.8 Å². The Morgan fingerprint density at radius 3 is 2.32 bits per heavy atom. The number of rotatable bonds is 1. The lowest BCUT2D eigenvalue weighted by molar-refractivity contribution is 0.0713. The van der Waals surface area contributed by atoms with Crippen molar-refractivity contribution < 1.29 is 4.79 Å². The molecule has 0 aliphatic carbocycles. The summed E-state index contributed by atoms with van der Waals surface area (Å²) < 4.78 is 0. The molecule has 0 saturated carbocycles. The van der Waals surface area contributed by atoms with Gasteiger partial charge in [-0.05, 0) is 31.7 Å². The summed E-state index contributed by atoms with van der Waals surface area (Å²) in [6, 6.07) is 1.15. The number of nitrogens with zero attached hydrogens (tertiary/aromatic N) is 3. The molecule has 5 nitrogen and oxygen atoms in total. The minimum absolute atomic E-state index is 0.146. The number of carbonyl (C=O) groups is 1. The van der Waals surface area contributed by atoms with E-state index in [4.69, 9.17) is 5.73 Å². The minimum atomic E-state index is 0.146. The molecule has 5 heteroatoms. The average molecular weight is 268 g/mol. The minimum Gasteiger partial charge on any atom is -0.331 e. The van der Waals surface area contributed by atoms with Gasteiger partial charge in [0.2, 0.25) is 0 Å². The summed E-state index contributed by atoms with van der Waals surface area (Å²) in [5.41, 5.74) is 6.08. The molecule has 19 heavy (non-hydrogen) atoms. The van der Waals surface area contributed by atoms with Crippen molar-refractivity contribution in [2.75, 3.05) is 40.3 Å². The van der Waals surface area contributed by atoms with Crippen LogP contribution in [0.3, 0.4) is 0 Å². The fourth-order valence-corrected chi connectivity index (χ4v) is 3.23. The lowest BCUT2D eigenvalue weighted by atomic mass is 9.91. The Balaban J connectivity index is 1.82. The lowest BCUT2D eigenvalue weighted by Crippen LogP contribution is -2.54. The standard InChI is InChI=1S/C14H28N4O/c1-11-10-18(9-6-13(11)15)12-4-7-17(8-5-12)14(19)16(2)3/h11-13H,4-10,15H2,1-3H3. The number of hydrogen-bond donors (Lipinski definition) is 1. The first-order valence-corrected chi connectivity index (χ1v) is 7.45. The Hall–Kier alpha value is -0.810. The molecule has 2 amide bonds. The van der Waals surface area contributed by atoms with Gasteiger partial charge in [-0.3, -0.25) is 4.90 Å². The zero-order valence-corrected chi connectivity index (χ0v) is 12.5. The normalized spacial score (nSPS) is 30.4. The Labute approximate surface area is 116 Å². The molecule has 2 saturated heterocycles. The summed E-state index contributed by atoms with van der Waals surface area (Å²) in [4.78, 5) is 18.1. The van der Waals surface area contributed by atoms with E-state index in [9.17, 15) is 4.79 Å². The van der Waals surface area contributed by atoms with E-state index in [1.807, 2.05) is 19.0 Å². The van der Waals surface area contributed by atoms with Crippen molar-refractivity contribution in [1.82, 2.24) is 14.7 Å². The molecule has 0 aromatic rings. The number of piperidine rings is 2. The van der Waals surface area contributed by atoms with Crippen LogP contribution < -0.4 is 5.73 Å². The molecule has 0 radical (unpaired) electrons. The van der Waals surface area contributed by atoms with Crippen LogP contribution in [0.2, 0.25) is 0 Å². The van der Waals surface area contributed by atoms with Gasteiger partial charge < -0.3 is 15.5 Å². The molecule has 2 aliphatic heterocycles. The van der Waals surface area contributed by atoms with Crippen LogP contribution in [0.1, 0.15) is 26.2 Å². The fourth-order valence-electron chi connectivity index (χ4n) is 3.23. The van der Waals surface area contributed by atoms with E-state index in [0.717, 1.165) is 45.4 Å². The van der Waals surface area contributed by atoms with Gasteiger partial charge in [-0.2, -0.15) is 0 Å². The molecule has 110 valence electrons. The molecular formula is C14H28N4O. The maximum Gasteiger partial charge on any atom is 0.319 e. The van der Waals surface area contributed by atoms with Gasteiger partial charge in [-0.15, -0.1) is 0 Å². The van der Waals surface area contributed by atoms with Crippen molar-refractivity contribution in [3.63, 3.8) is 0 Å². The molecule has 2 N–H and O–H groups in total. The second kappa shape index (κ2) is 6.09. The highest BCUT2D eigenvalue weighted by Gasteiger charge is 2.31. The highest BCUT2D eigenvalue weighted by Crippen LogP contribution is 2.23. The predicted octanol–water partition coefficient (Wildman–Crippen LogP) is 0.802. The zero-order chi connectivity index (χ0) is 14.0. The Kier molecular flexibility index (Phi) is 4.68. The quantitative estimate of drug-likeness (QED) is 0.765. The molecule has 0 bridgehead atoms. The number of amides is 2. The Morgan fingerprint density at radius 1 is 1.16 bits per heavy atom. The monoisotopic (exact) mass is 268 g/mol. The van der Waals surface area contributed by atoms with Crippen molar-refractivity contribution in [1.29, 1.82) is 0 Å². The number of urea groups is 1. The summed E-state index contributed by atoms with van der Waals surface area (Å²) in [5.74, 6) is 0.593. The summed E-state index contributed by atoms with van der Waals surface area (Å²) >= 11 is 0.